The van der Waals surface area contributed by atoms with Crippen molar-refractivity contribution in [3.63, 3.8) is 0 Å². The molecular weight excluding hydrogens is 1080 g/mol. The number of benzene rings is 2. The monoisotopic (exact) mass is 1170 g/mol. The number of nitrogens with one attached hydrogen (secondary N) is 10. The second-order valence-electron chi connectivity index (χ2n) is 20.9. The van der Waals surface area contributed by atoms with E-state index < -0.39 is 156 Å². The molecule has 0 saturated carbocycles. The van der Waals surface area contributed by atoms with Gasteiger partial charge in [0.25, 0.3) is 0 Å². The molecule has 29 nitrogen and oxygen atoms in total. The summed E-state index contributed by atoms with van der Waals surface area (Å²) in [5.41, 5.74) is 17.1. The van der Waals surface area contributed by atoms with Gasteiger partial charge >= 0.3 is 6.09 Å². The Kier molecular flexibility index (Phi) is 27.8. The van der Waals surface area contributed by atoms with Gasteiger partial charge in [-0.3, -0.25) is 52.9 Å². The molecule has 1 aliphatic heterocycles. The largest absolute Gasteiger partial charge is 0.445 e. The van der Waals surface area contributed by atoms with Crippen LogP contribution in [-0.2, 0) is 59.3 Å². The number of aliphatic imine (C=N–C) groups is 1. The number of nitrogens with two attached hydrogens (primary N) is 3. The minimum atomic E-state index is -2.45. The second-order valence-corrected chi connectivity index (χ2v) is 20.9. The molecule has 19 N–H and O–H groups in total. The summed E-state index contributed by atoms with van der Waals surface area (Å²) in [5, 5.41) is 57.4. The molecule has 11 amide bonds. The van der Waals surface area contributed by atoms with Gasteiger partial charge in [-0.1, -0.05) is 109 Å². The van der Waals surface area contributed by atoms with E-state index in [1.807, 2.05) is 0 Å². The molecule has 1 heterocycles. The molecule has 0 radical (unpaired) electrons. The van der Waals surface area contributed by atoms with Crippen molar-refractivity contribution in [3.8, 4) is 0 Å². The third-order valence-corrected chi connectivity index (χ3v) is 13.3. The highest BCUT2D eigenvalue weighted by molar-refractivity contribution is 6.00. The van der Waals surface area contributed by atoms with Crippen LogP contribution in [-0.4, -0.2) is 166 Å². The van der Waals surface area contributed by atoms with Crippen LogP contribution < -0.4 is 70.4 Å². The van der Waals surface area contributed by atoms with Crippen molar-refractivity contribution in [2.24, 2.45) is 39.9 Å². The molecule has 1 fully saturated rings. The fraction of sp³-hybridized carbons (Fsp3) is 0.556. The van der Waals surface area contributed by atoms with Crippen molar-refractivity contribution in [3.05, 3.63) is 71.8 Å². The number of primary amides is 1. The van der Waals surface area contributed by atoms with E-state index in [0.717, 1.165) is 13.8 Å². The molecule has 13 atom stereocenters. The molecule has 2 aromatic rings. The quantitative estimate of drug-likeness (QED) is 0.0409. The maximum absolute atomic E-state index is 15.0. The first-order valence-electron chi connectivity index (χ1n) is 27.2. The smallest absolute Gasteiger partial charge is 0.408 e. The van der Waals surface area contributed by atoms with Crippen molar-refractivity contribution < 1.29 is 72.8 Å². The van der Waals surface area contributed by atoms with Gasteiger partial charge in [-0.2, -0.15) is 0 Å². The van der Waals surface area contributed by atoms with Crippen LogP contribution in [0.15, 0.2) is 65.7 Å². The summed E-state index contributed by atoms with van der Waals surface area (Å²) in [6.45, 7) is 10.7. The fourth-order valence-corrected chi connectivity index (χ4v) is 8.36. The topological polar surface area (TPSA) is 468 Å². The highest BCUT2D eigenvalue weighted by Crippen LogP contribution is 2.21. The molecule has 1 aliphatic rings. The number of alkyl carbamates (subject to hydrolysis) is 1. The van der Waals surface area contributed by atoms with Crippen LogP contribution in [0.2, 0.25) is 0 Å². The zero-order valence-electron chi connectivity index (χ0n) is 47.8. The van der Waals surface area contributed by atoms with Gasteiger partial charge in [-0.05, 0) is 62.0 Å². The number of hydrogen-bond donors (Lipinski definition) is 16. The number of ether oxygens (including phenoxy) is 1. The average Bonchev–Trinajstić information content (AvgIpc) is 3.65. The van der Waals surface area contributed by atoms with Crippen molar-refractivity contribution in [1.82, 2.24) is 53.2 Å². The van der Waals surface area contributed by atoms with Crippen LogP contribution in [0.25, 0.3) is 0 Å². The Morgan fingerprint density at radius 1 is 0.651 bits per heavy atom. The van der Waals surface area contributed by atoms with E-state index >= 15 is 0 Å². The van der Waals surface area contributed by atoms with Crippen LogP contribution in [0.1, 0.15) is 98.2 Å². The number of carbonyl (C=O) groups is 11. The van der Waals surface area contributed by atoms with Crippen LogP contribution >= 0.6 is 0 Å². The molecule has 3 rings (SSSR count). The van der Waals surface area contributed by atoms with Gasteiger partial charge in [0, 0.05) is 6.54 Å². The molecule has 1 saturated heterocycles. The van der Waals surface area contributed by atoms with E-state index in [-0.39, 0.29) is 56.3 Å². The van der Waals surface area contributed by atoms with Crippen molar-refractivity contribution in [1.29, 1.82) is 0 Å². The number of guanidine groups is 1. The standard InChI is InChI=1S/C54H82N14O15/c1-9-28(6)36-49(78)65-37(30(8)69)48(77)59-24-35(70)63-41(43(72)44(55)73)51(80)60-29(7)45(74)66-38(32-19-14-11-15-20-32)39(68-54(82)83-25-31-17-12-10-13-18-31)50(79)67-40(42(71)27(4)5)52(81)62-34(23-26(2)3)47(76)61-33(46(75)64-36)21-16-22-58-53(56)57/h10-15,17-20,26-30,33-34,36-43,69,71-72H,9,16,21-25H2,1-8H3,(H2,55,73)(H,59,77)(H,60,80)(H,61,76)(H,62,81)(H,63,70)(H,64,75)(H,65,78)(H,66,74)(H,67,79)(H,68,82)(H4,56,57,58)/t28-,29-,30-,33+,34-,36-,37-,38+,39-,40-,41?,42+,43-/m0/s1. The van der Waals surface area contributed by atoms with E-state index in [9.17, 15) is 68.1 Å². The predicted octanol–water partition coefficient (Wildman–Crippen LogP) is -3.93. The van der Waals surface area contributed by atoms with Gasteiger partial charge in [0.2, 0.25) is 59.1 Å². The third kappa shape index (κ3) is 22.1. The fourth-order valence-electron chi connectivity index (χ4n) is 8.36. The molecule has 0 bridgehead atoms. The molecule has 0 aromatic heterocycles. The minimum absolute atomic E-state index is 0.0187. The summed E-state index contributed by atoms with van der Waals surface area (Å²) < 4.78 is 5.47. The third-order valence-electron chi connectivity index (χ3n) is 13.3. The van der Waals surface area contributed by atoms with Gasteiger partial charge in [0.05, 0.1) is 24.8 Å². The lowest BCUT2D eigenvalue weighted by Crippen LogP contribution is -2.64. The lowest BCUT2D eigenvalue weighted by Gasteiger charge is -2.33. The zero-order valence-corrected chi connectivity index (χ0v) is 47.8. The summed E-state index contributed by atoms with van der Waals surface area (Å²) in [6.07, 6.45) is -6.93. The number of amides is 11. The van der Waals surface area contributed by atoms with Gasteiger partial charge in [0.1, 0.15) is 54.9 Å². The van der Waals surface area contributed by atoms with Crippen LogP contribution in [0.5, 0.6) is 0 Å². The molecule has 1 unspecified atom stereocenters. The molecule has 83 heavy (non-hydrogen) atoms. The Balaban J connectivity index is 2.31. The predicted molar refractivity (Wildman–Crippen MR) is 300 cm³/mol. The summed E-state index contributed by atoms with van der Waals surface area (Å²) in [6, 6.07) is 0.366. The van der Waals surface area contributed by atoms with Gasteiger partial charge in [0.15, 0.2) is 12.1 Å². The van der Waals surface area contributed by atoms with Crippen LogP contribution in [0.4, 0.5) is 4.79 Å². The number of hydrogen-bond acceptors (Lipinski definition) is 16. The zero-order chi connectivity index (χ0) is 62.2. The average molecular weight is 1170 g/mol. The Morgan fingerprint density at radius 3 is 1.77 bits per heavy atom. The Labute approximate surface area is 480 Å². The first kappa shape index (κ1) is 68.8. The van der Waals surface area contributed by atoms with Gasteiger partial charge in [-0.25, -0.2) is 4.79 Å². The first-order chi connectivity index (χ1) is 39.1. The van der Waals surface area contributed by atoms with Crippen molar-refractivity contribution >= 4 is 71.1 Å². The number of carbonyl (C=O) groups excluding carboxylic acids is 11. The van der Waals surface area contributed by atoms with Crippen molar-refractivity contribution in [2.45, 2.75) is 160 Å². The summed E-state index contributed by atoms with van der Waals surface area (Å²) in [7, 11) is 0. The van der Waals surface area contributed by atoms with E-state index in [0.29, 0.717) is 5.56 Å². The maximum atomic E-state index is 15.0. The maximum Gasteiger partial charge on any atom is 0.408 e. The summed E-state index contributed by atoms with van der Waals surface area (Å²) >= 11 is 0. The van der Waals surface area contributed by atoms with E-state index in [2.05, 4.69) is 58.2 Å². The Bertz CT molecular complexity index is 2590. The summed E-state index contributed by atoms with van der Waals surface area (Å²) in [4.78, 5) is 158. The van der Waals surface area contributed by atoms with Gasteiger partial charge in [-0.15, -0.1) is 0 Å². The summed E-state index contributed by atoms with van der Waals surface area (Å²) in [5.74, 6) is -13.6. The highest BCUT2D eigenvalue weighted by atomic mass is 16.5. The van der Waals surface area contributed by atoms with Gasteiger partial charge < -0.3 is 90.4 Å². The molecule has 458 valence electrons. The SMILES string of the molecule is CC[C@H](C)[C@@H]1NC(=O)[C@@H](CCCN=C(N)N)NC(=O)[C@H](CC(C)C)NC(=O)[C@H]([C@H](O)C(C)C)NC(=O)[C@@H](NC(=O)OCc2ccccc2)[C@@H](c2ccccc2)NC(=O)[C@H](C)NC(=O)C([C@H](O)C(N)=O)NC(=O)CNC(=O)[C@H]([C@H](C)O)NC1=O. The molecule has 0 aliphatic carbocycles. The van der Waals surface area contributed by atoms with E-state index in [1.165, 1.54) is 38.1 Å². The lowest BCUT2D eigenvalue weighted by atomic mass is 9.95. The number of rotatable bonds is 17. The van der Waals surface area contributed by atoms with Crippen LogP contribution in [0, 0.1) is 17.8 Å². The second kappa shape index (κ2) is 33.5. The number of aliphatic hydroxyl groups is 3. The normalized spacial score (nSPS) is 24.8. The Hall–Kier alpha value is -8.44. The van der Waals surface area contributed by atoms with E-state index in [1.54, 1.807) is 64.1 Å². The molecule has 29 heteroatoms. The number of nitrogens with zero attached hydrogens (tertiary/aromatic N) is 1. The van der Waals surface area contributed by atoms with Crippen molar-refractivity contribution in [2.75, 3.05) is 13.1 Å². The molecule has 2 aromatic carbocycles. The van der Waals surface area contributed by atoms with Crippen LogP contribution in [0.3, 0.4) is 0 Å². The first-order valence-corrected chi connectivity index (χ1v) is 27.2. The Morgan fingerprint density at radius 2 is 1.20 bits per heavy atom. The molecule has 0 spiro atoms. The number of aliphatic hydroxyl groups excluding tert-OH is 3. The minimum Gasteiger partial charge on any atom is -0.445 e. The highest BCUT2D eigenvalue weighted by Gasteiger charge is 2.42. The van der Waals surface area contributed by atoms with E-state index in [4.69, 9.17) is 21.9 Å². The lowest BCUT2D eigenvalue weighted by molar-refractivity contribution is -0.140. The molecular formula is C54H82N14O15.